The minimum atomic E-state index is -0.172. The van der Waals surface area contributed by atoms with Crippen LogP contribution in [-0.2, 0) is 7.05 Å². The van der Waals surface area contributed by atoms with Crippen LogP contribution >= 0.6 is 0 Å². The molecule has 8 heteroatoms. The van der Waals surface area contributed by atoms with Crippen molar-refractivity contribution in [3.8, 4) is 11.3 Å². The van der Waals surface area contributed by atoms with E-state index in [2.05, 4.69) is 43.3 Å². The summed E-state index contributed by atoms with van der Waals surface area (Å²) in [6.45, 7) is 3.96. The average molecular weight is 428 g/mol. The number of fused-ring (bicyclic) bond motifs is 1. The first-order valence-electron chi connectivity index (χ1n) is 10.6. The van der Waals surface area contributed by atoms with Crippen LogP contribution in [0.1, 0.15) is 10.4 Å². The van der Waals surface area contributed by atoms with Crippen LogP contribution in [0.2, 0.25) is 0 Å². The molecular weight excluding hydrogens is 402 g/mol. The van der Waals surface area contributed by atoms with Crippen molar-refractivity contribution in [3.05, 3.63) is 66.7 Å². The predicted octanol–water partition coefficient (Wildman–Crippen LogP) is 3.03. The van der Waals surface area contributed by atoms with Gasteiger partial charge in [0, 0.05) is 74.0 Å². The van der Waals surface area contributed by atoms with E-state index in [0.29, 0.717) is 11.4 Å². The third-order valence-electron chi connectivity index (χ3n) is 5.82. The number of aryl methyl sites for hydroxylation is 1. The van der Waals surface area contributed by atoms with Gasteiger partial charge in [0.2, 0.25) is 0 Å². The van der Waals surface area contributed by atoms with Gasteiger partial charge in [-0.15, -0.1) is 0 Å². The summed E-state index contributed by atoms with van der Waals surface area (Å²) in [6, 6.07) is 11.6. The summed E-state index contributed by atoms with van der Waals surface area (Å²) in [5.74, 6) is 0.338. The molecule has 32 heavy (non-hydrogen) atoms. The molecule has 0 unspecified atom stereocenters. The smallest absolute Gasteiger partial charge is 0.256 e. The Labute approximate surface area is 186 Å². The van der Waals surface area contributed by atoms with E-state index >= 15 is 0 Å². The zero-order valence-corrected chi connectivity index (χ0v) is 18.2. The summed E-state index contributed by atoms with van der Waals surface area (Å²) < 4.78 is 1.75. The second-order valence-corrected chi connectivity index (χ2v) is 8.18. The topological polar surface area (TPSA) is 79.2 Å². The summed E-state index contributed by atoms with van der Waals surface area (Å²) in [4.78, 5) is 26.5. The fourth-order valence-corrected chi connectivity index (χ4v) is 3.91. The Morgan fingerprint density at radius 2 is 1.75 bits per heavy atom. The van der Waals surface area contributed by atoms with Crippen molar-refractivity contribution in [3.63, 3.8) is 0 Å². The lowest BCUT2D eigenvalue weighted by molar-refractivity contribution is 0.102. The number of carbonyl (C=O) groups excluding carboxylic acids is 1. The highest BCUT2D eigenvalue weighted by Crippen LogP contribution is 2.23. The number of rotatable bonds is 4. The van der Waals surface area contributed by atoms with E-state index in [1.807, 2.05) is 43.6 Å². The molecule has 0 aliphatic carbocycles. The number of amides is 1. The number of nitrogens with one attached hydrogen (secondary N) is 1. The summed E-state index contributed by atoms with van der Waals surface area (Å²) in [5.41, 5.74) is 3.46. The van der Waals surface area contributed by atoms with Gasteiger partial charge in [0.05, 0.1) is 11.9 Å². The van der Waals surface area contributed by atoms with Crippen molar-refractivity contribution < 1.29 is 4.79 Å². The molecule has 162 valence electrons. The Kier molecular flexibility index (Phi) is 5.28. The van der Waals surface area contributed by atoms with Crippen LogP contribution in [0.4, 0.5) is 11.5 Å². The van der Waals surface area contributed by atoms with E-state index in [4.69, 9.17) is 0 Å². The molecule has 3 aromatic heterocycles. The zero-order valence-electron chi connectivity index (χ0n) is 18.2. The van der Waals surface area contributed by atoms with Crippen LogP contribution < -0.4 is 10.2 Å². The maximum Gasteiger partial charge on any atom is 0.256 e. The number of aromatic nitrogens is 4. The molecule has 1 aromatic carbocycles. The minimum absolute atomic E-state index is 0.172. The van der Waals surface area contributed by atoms with Crippen LogP contribution in [0, 0.1) is 0 Å². The largest absolute Gasteiger partial charge is 0.369 e. The molecule has 1 saturated heterocycles. The van der Waals surface area contributed by atoms with E-state index in [1.165, 1.54) is 0 Å². The first-order chi connectivity index (χ1) is 15.5. The molecule has 1 N–H and O–H groups in total. The number of hydrogen-bond donors (Lipinski definition) is 1. The summed E-state index contributed by atoms with van der Waals surface area (Å²) >= 11 is 0. The minimum Gasteiger partial charge on any atom is -0.369 e. The van der Waals surface area contributed by atoms with Gasteiger partial charge in [-0.3, -0.25) is 14.5 Å². The lowest BCUT2D eigenvalue weighted by Crippen LogP contribution is -2.44. The van der Waals surface area contributed by atoms with Gasteiger partial charge in [0.25, 0.3) is 5.91 Å². The number of anilines is 2. The Hall–Kier alpha value is -3.78. The molecule has 5 rings (SSSR count). The van der Waals surface area contributed by atoms with Gasteiger partial charge in [-0.2, -0.15) is 5.10 Å². The molecule has 1 aliphatic heterocycles. The van der Waals surface area contributed by atoms with Crippen LogP contribution in [0.15, 0.2) is 61.2 Å². The lowest BCUT2D eigenvalue weighted by atomic mass is 10.1. The molecule has 8 nitrogen and oxygen atoms in total. The number of carbonyl (C=O) groups is 1. The third-order valence-corrected chi connectivity index (χ3v) is 5.82. The van der Waals surface area contributed by atoms with Gasteiger partial charge in [-0.1, -0.05) is 6.07 Å². The SMILES string of the molecule is CN1CCN(c2cccc(C(=O)Nc3cc4cc(-c5cnn(C)c5)ncc4cn3)c2)CC1. The quantitative estimate of drug-likeness (QED) is 0.539. The van der Waals surface area contributed by atoms with E-state index in [1.54, 1.807) is 23.3 Å². The molecule has 0 atom stereocenters. The first kappa shape index (κ1) is 20.1. The van der Waals surface area contributed by atoms with Crippen molar-refractivity contribution in [2.24, 2.45) is 7.05 Å². The zero-order chi connectivity index (χ0) is 22.1. The maximum absolute atomic E-state index is 12.9. The van der Waals surface area contributed by atoms with Gasteiger partial charge in [-0.05, 0) is 42.8 Å². The molecule has 0 radical (unpaired) electrons. The first-order valence-corrected chi connectivity index (χ1v) is 10.6. The summed E-state index contributed by atoms with van der Waals surface area (Å²) in [7, 11) is 4.01. The molecule has 0 bridgehead atoms. The van der Waals surface area contributed by atoms with Crippen LogP contribution in [-0.4, -0.2) is 63.8 Å². The second kappa shape index (κ2) is 8.39. The molecule has 0 spiro atoms. The van der Waals surface area contributed by atoms with E-state index in [0.717, 1.165) is 53.9 Å². The molecule has 0 saturated carbocycles. The van der Waals surface area contributed by atoms with E-state index in [9.17, 15) is 4.79 Å². The Morgan fingerprint density at radius 1 is 0.938 bits per heavy atom. The van der Waals surface area contributed by atoms with Crippen LogP contribution in [0.5, 0.6) is 0 Å². The Balaban J connectivity index is 1.36. The fourth-order valence-electron chi connectivity index (χ4n) is 3.91. The number of pyridine rings is 2. The number of benzene rings is 1. The Morgan fingerprint density at radius 3 is 2.53 bits per heavy atom. The normalized spacial score (nSPS) is 14.6. The van der Waals surface area contributed by atoms with E-state index in [-0.39, 0.29) is 5.91 Å². The van der Waals surface area contributed by atoms with Gasteiger partial charge in [0.15, 0.2) is 0 Å². The highest BCUT2D eigenvalue weighted by atomic mass is 16.1. The average Bonchev–Trinajstić information content (AvgIpc) is 3.25. The van der Waals surface area contributed by atoms with E-state index < -0.39 is 0 Å². The van der Waals surface area contributed by atoms with Gasteiger partial charge in [-0.25, -0.2) is 4.98 Å². The van der Waals surface area contributed by atoms with Crippen LogP contribution in [0.25, 0.3) is 22.0 Å². The third kappa shape index (κ3) is 4.17. The molecule has 4 aromatic rings. The van der Waals surface area contributed by atoms with Crippen molar-refractivity contribution in [1.82, 2.24) is 24.6 Å². The lowest BCUT2D eigenvalue weighted by Gasteiger charge is -2.34. The molecule has 4 heterocycles. The fraction of sp³-hybridized carbons (Fsp3) is 0.250. The second-order valence-electron chi connectivity index (χ2n) is 8.18. The van der Waals surface area contributed by atoms with Crippen molar-refractivity contribution in [2.45, 2.75) is 0 Å². The van der Waals surface area contributed by atoms with Gasteiger partial charge >= 0.3 is 0 Å². The number of likely N-dealkylation sites (N-methyl/N-ethyl adjacent to an activating group) is 1. The standard InChI is InChI=1S/C24H25N7O/c1-29-6-8-31(9-7-29)21-5-3-4-17(10-21)24(32)28-23-12-18-11-22(20-15-27-30(2)16-20)25-13-19(18)14-26-23/h3-5,10-16H,6-9H2,1-2H3,(H,26,28,32). The highest BCUT2D eigenvalue weighted by Gasteiger charge is 2.16. The molecular formula is C24H25N7O. The molecule has 1 amide bonds. The van der Waals surface area contributed by atoms with Crippen molar-refractivity contribution in [2.75, 3.05) is 43.4 Å². The van der Waals surface area contributed by atoms with Crippen molar-refractivity contribution in [1.29, 1.82) is 0 Å². The van der Waals surface area contributed by atoms with Gasteiger partial charge in [0.1, 0.15) is 5.82 Å². The number of hydrogen-bond acceptors (Lipinski definition) is 6. The Bertz CT molecular complexity index is 1270. The number of nitrogens with zero attached hydrogens (tertiary/aromatic N) is 6. The van der Waals surface area contributed by atoms with Crippen LogP contribution in [0.3, 0.4) is 0 Å². The monoisotopic (exact) mass is 427 g/mol. The van der Waals surface area contributed by atoms with Gasteiger partial charge < -0.3 is 15.1 Å². The predicted molar refractivity (Wildman–Crippen MR) is 126 cm³/mol. The summed E-state index contributed by atoms with van der Waals surface area (Å²) in [6.07, 6.45) is 7.22. The molecule has 1 fully saturated rings. The number of piperazine rings is 1. The molecule has 1 aliphatic rings. The maximum atomic E-state index is 12.9. The highest BCUT2D eigenvalue weighted by molar-refractivity contribution is 6.05. The van der Waals surface area contributed by atoms with Crippen molar-refractivity contribution >= 4 is 28.2 Å². The summed E-state index contributed by atoms with van der Waals surface area (Å²) in [5, 5.41) is 9.01.